The van der Waals surface area contributed by atoms with Crippen molar-refractivity contribution in [3.8, 4) is 0 Å². The van der Waals surface area contributed by atoms with E-state index in [0.29, 0.717) is 5.02 Å². The van der Waals surface area contributed by atoms with Gasteiger partial charge in [-0.3, -0.25) is 0 Å². The largest absolute Gasteiger partial charge is 0.444 e. The minimum Gasteiger partial charge on any atom is -0.444 e. The van der Waals surface area contributed by atoms with Crippen LogP contribution in [0.5, 0.6) is 0 Å². The number of hydrogen-bond acceptors (Lipinski definition) is 4. The van der Waals surface area contributed by atoms with Gasteiger partial charge in [-0.05, 0) is 38.5 Å². The molecule has 1 rings (SSSR count). The summed E-state index contributed by atoms with van der Waals surface area (Å²) in [5.41, 5.74) is 0.200. The fourth-order valence-corrected chi connectivity index (χ4v) is 1.74. The maximum Gasteiger partial charge on any atom is 0.408 e. The lowest BCUT2D eigenvalue weighted by Gasteiger charge is -2.24. The molecule has 6 heteroatoms. The summed E-state index contributed by atoms with van der Waals surface area (Å²) in [5, 5.41) is 22.4. The van der Waals surface area contributed by atoms with Crippen LogP contribution in [0.1, 0.15) is 26.3 Å². The third-order valence-corrected chi connectivity index (χ3v) is 2.92. The van der Waals surface area contributed by atoms with Gasteiger partial charge in [-0.2, -0.15) is 0 Å². The number of aliphatic hydroxyl groups excluding tert-OH is 2. The van der Waals surface area contributed by atoms with Gasteiger partial charge in [-0.25, -0.2) is 4.79 Å². The van der Waals surface area contributed by atoms with Gasteiger partial charge in [0.2, 0.25) is 0 Å². The van der Waals surface area contributed by atoms with Crippen LogP contribution in [-0.2, 0) is 4.74 Å². The van der Waals surface area contributed by atoms with Crippen molar-refractivity contribution < 1.29 is 19.7 Å². The number of halogens is 1. The summed E-state index contributed by atoms with van der Waals surface area (Å²) in [6.45, 7) is 4.79. The molecular weight excluding hydrogens is 306 g/mol. The Hall–Kier alpha value is -1.56. The van der Waals surface area contributed by atoms with Crippen LogP contribution in [0, 0.1) is 0 Å². The first kappa shape index (κ1) is 18.5. The molecule has 3 N–H and O–H groups in total. The summed E-state index contributed by atoms with van der Waals surface area (Å²) in [4.78, 5) is 11.6. The van der Waals surface area contributed by atoms with Crippen LogP contribution < -0.4 is 5.32 Å². The molecule has 0 aliphatic carbocycles. The second-order valence-corrected chi connectivity index (χ2v) is 6.27. The Labute approximate surface area is 135 Å². The van der Waals surface area contributed by atoms with E-state index in [0.717, 1.165) is 5.56 Å². The SMILES string of the molecule is CC(C)(C)OC(=O)N[C@@H](CO)[C@H](O)C=Cc1ccc(Cl)cc1. The maximum atomic E-state index is 11.6. The fraction of sp³-hybridized carbons (Fsp3) is 0.438. The average molecular weight is 328 g/mol. The normalized spacial score (nSPS) is 14.6. The Morgan fingerprint density at radius 3 is 2.45 bits per heavy atom. The first-order chi connectivity index (χ1) is 10.2. The van der Waals surface area contributed by atoms with Gasteiger partial charge < -0.3 is 20.3 Å². The molecule has 0 aliphatic rings. The number of hydrogen-bond donors (Lipinski definition) is 3. The number of aliphatic hydroxyl groups is 2. The minimum absolute atomic E-state index is 0.411. The number of carbonyl (C=O) groups is 1. The second kappa shape index (κ2) is 8.17. The van der Waals surface area contributed by atoms with Gasteiger partial charge in [0.1, 0.15) is 5.60 Å². The fourth-order valence-electron chi connectivity index (χ4n) is 1.62. The average Bonchev–Trinajstić information content (AvgIpc) is 2.42. The Bertz CT molecular complexity index is 508. The highest BCUT2D eigenvalue weighted by Crippen LogP contribution is 2.12. The molecule has 1 aromatic rings. The van der Waals surface area contributed by atoms with E-state index < -0.39 is 30.4 Å². The molecule has 22 heavy (non-hydrogen) atoms. The van der Waals surface area contributed by atoms with Crippen LogP contribution in [0.4, 0.5) is 4.79 Å². The van der Waals surface area contributed by atoms with Gasteiger partial charge in [0.15, 0.2) is 0 Å². The van der Waals surface area contributed by atoms with Crippen LogP contribution in [-0.4, -0.2) is 40.7 Å². The topological polar surface area (TPSA) is 78.8 Å². The molecule has 2 atom stereocenters. The highest BCUT2D eigenvalue weighted by Gasteiger charge is 2.22. The summed E-state index contributed by atoms with van der Waals surface area (Å²) >= 11 is 5.79. The molecular formula is C16H22ClNO4. The predicted octanol–water partition coefficient (Wildman–Crippen LogP) is 2.60. The molecule has 0 radical (unpaired) electrons. The monoisotopic (exact) mass is 327 g/mol. The molecule has 0 fully saturated rings. The van der Waals surface area contributed by atoms with Crippen LogP contribution in [0.15, 0.2) is 30.3 Å². The standard InChI is InChI=1S/C16H22ClNO4/c1-16(2,3)22-15(21)18-13(10-19)14(20)9-6-11-4-7-12(17)8-5-11/h4-9,13-14,19-20H,10H2,1-3H3,(H,18,21)/t13-,14+/m0/s1. The molecule has 0 aliphatic heterocycles. The molecule has 0 bridgehead atoms. The predicted molar refractivity (Wildman–Crippen MR) is 86.7 cm³/mol. The zero-order valence-electron chi connectivity index (χ0n) is 12.9. The van der Waals surface area contributed by atoms with Gasteiger partial charge in [0, 0.05) is 5.02 Å². The van der Waals surface area contributed by atoms with Crippen molar-refractivity contribution in [2.24, 2.45) is 0 Å². The molecule has 5 nitrogen and oxygen atoms in total. The van der Waals surface area contributed by atoms with E-state index in [1.807, 2.05) is 0 Å². The number of benzene rings is 1. The van der Waals surface area contributed by atoms with E-state index in [9.17, 15) is 15.0 Å². The van der Waals surface area contributed by atoms with Gasteiger partial charge in [-0.15, -0.1) is 0 Å². The van der Waals surface area contributed by atoms with Crippen molar-refractivity contribution in [3.63, 3.8) is 0 Å². The lowest BCUT2D eigenvalue weighted by atomic mass is 10.1. The summed E-state index contributed by atoms with van der Waals surface area (Å²) in [6.07, 6.45) is 1.43. The van der Waals surface area contributed by atoms with Crippen molar-refractivity contribution in [1.29, 1.82) is 0 Å². The van der Waals surface area contributed by atoms with Crippen LogP contribution in [0.3, 0.4) is 0 Å². The Morgan fingerprint density at radius 1 is 1.36 bits per heavy atom. The highest BCUT2D eigenvalue weighted by atomic mass is 35.5. The summed E-state index contributed by atoms with van der Waals surface area (Å²) in [6, 6.07) is 6.20. The maximum absolute atomic E-state index is 11.6. The van der Waals surface area contributed by atoms with Gasteiger partial charge in [0.05, 0.1) is 18.8 Å². The molecule has 0 heterocycles. The van der Waals surface area contributed by atoms with Crippen molar-refractivity contribution >= 4 is 23.8 Å². The van der Waals surface area contributed by atoms with Crippen LogP contribution >= 0.6 is 11.6 Å². The van der Waals surface area contributed by atoms with E-state index in [-0.39, 0.29) is 0 Å². The van der Waals surface area contributed by atoms with Crippen molar-refractivity contribution in [1.82, 2.24) is 5.32 Å². The molecule has 122 valence electrons. The first-order valence-corrected chi connectivity index (χ1v) is 7.31. The summed E-state index contributed by atoms with van der Waals surface area (Å²) in [5.74, 6) is 0. The first-order valence-electron chi connectivity index (χ1n) is 6.93. The molecule has 0 aromatic heterocycles. The highest BCUT2D eigenvalue weighted by molar-refractivity contribution is 6.30. The molecule has 0 saturated heterocycles. The van der Waals surface area contributed by atoms with Gasteiger partial charge in [0.25, 0.3) is 0 Å². The number of ether oxygens (including phenoxy) is 1. The third kappa shape index (κ3) is 6.93. The molecule has 1 amide bonds. The van der Waals surface area contributed by atoms with E-state index in [4.69, 9.17) is 16.3 Å². The zero-order chi connectivity index (χ0) is 16.8. The van der Waals surface area contributed by atoms with E-state index in [1.54, 1.807) is 51.1 Å². The third-order valence-electron chi connectivity index (χ3n) is 2.67. The smallest absolute Gasteiger partial charge is 0.408 e. The Balaban J connectivity index is 2.62. The van der Waals surface area contributed by atoms with Gasteiger partial charge >= 0.3 is 6.09 Å². The Morgan fingerprint density at radius 2 is 1.95 bits per heavy atom. The lowest BCUT2D eigenvalue weighted by molar-refractivity contribution is 0.0406. The lowest BCUT2D eigenvalue weighted by Crippen LogP contribution is -2.46. The number of carbonyl (C=O) groups excluding carboxylic acids is 1. The van der Waals surface area contributed by atoms with Crippen molar-refractivity contribution in [3.05, 3.63) is 40.9 Å². The number of rotatable bonds is 5. The van der Waals surface area contributed by atoms with Gasteiger partial charge in [-0.1, -0.05) is 35.9 Å². The molecule has 0 spiro atoms. The van der Waals surface area contributed by atoms with Crippen LogP contribution in [0.2, 0.25) is 5.02 Å². The molecule has 0 saturated carbocycles. The number of alkyl carbamates (subject to hydrolysis) is 1. The zero-order valence-corrected chi connectivity index (χ0v) is 13.7. The van der Waals surface area contributed by atoms with Crippen molar-refractivity contribution in [2.45, 2.75) is 38.5 Å². The summed E-state index contributed by atoms with van der Waals surface area (Å²) < 4.78 is 5.09. The van der Waals surface area contributed by atoms with Crippen molar-refractivity contribution in [2.75, 3.05) is 6.61 Å². The minimum atomic E-state index is -1.05. The quantitative estimate of drug-likeness (QED) is 0.776. The number of nitrogens with one attached hydrogen (secondary N) is 1. The molecule has 0 unspecified atom stereocenters. The molecule has 1 aromatic carbocycles. The Kier molecular flexibility index (Phi) is 6.87. The number of amides is 1. The van der Waals surface area contributed by atoms with E-state index >= 15 is 0 Å². The second-order valence-electron chi connectivity index (χ2n) is 5.84. The van der Waals surface area contributed by atoms with E-state index in [1.165, 1.54) is 6.08 Å². The summed E-state index contributed by atoms with van der Waals surface area (Å²) in [7, 11) is 0. The van der Waals surface area contributed by atoms with E-state index in [2.05, 4.69) is 5.32 Å². The van der Waals surface area contributed by atoms with Crippen LogP contribution in [0.25, 0.3) is 6.08 Å².